The van der Waals surface area contributed by atoms with Crippen molar-refractivity contribution in [2.75, 3.05) is 33.4 Å². The smallest absolute Gasteiger partial charge is 0.254 e. The van der Waals surface area contributed by atoms with Crippen LogP contribution in [0.5, 0.6) is 0 Å². The molecule has 1 spiro atoms. The Morgan fingerprint density at radius 2 is 1.96 bits per heavy atom. The van der Waals surface area contributed by atoms with E-state index in [-0.39, 0.29) is 11.8 Å². The van der Waals surface area contributed by atoms with Gasteiger partial charge in [-0.2, -0.15) is 0 Å². The van der Waals surface area contributed by atoms with Crippen molar-refractivity contribution in [1.82, 2.24) is 9.80 Å². The quantitative estimate of drug-likeness (QED) is 0.813. The van der Waals surface area contributed by atoms with Gasteiger partial charge in [0, 0.05) is 32.3 Å². The summed E-state index contributed by atoms with van der Waals surface area (Å²) in [5.74, 6) is 0.467. The van der Waals surface area contributed by atoms with E-state index in [1.807, 2.05) is 28.0 Å². The van der Waals surface area contributed by atoms with Gasteiger partial charge < -0.3 is 14.5 Å². The van der Waals surface area contributed by atoms with Crippen LogP contribution in [0.2, 0.25) is 0 Å². The number of carbonyl (C=O) groups excluding carboxylic acids is 2. The molecule has 1 unspecified atom stereocenters. The molecule has 0 N–H and O–H groups in total. The lowest BCUT2D eigenvalue weighted by Gasteiger charge is -2.44. The number of benzene rings is 1. The summed E-state index contributed by atoms with van der Waals surface area (Å²) in [5, 5.41) is 0. The first-order chi connectivity index (χ1) is 12.5. The van der Waals surface area contributed by atoms with Crippen molar-refractivity contribution in [3.8, 4) is 0 Å². The summed E-state index contributed by atoms with van der Waals surface area (Å²) < 4.78 is 5.15. The maximum absolute atomic E-state index is 13.3. The van der Waals surface area contributed by atoms with E-state index in [4.69, 9.17) is 4.74 Å². The Morgan fingerprint density at radius 1 is 1.23 bits per heavy atom. The number of nitrogens with zero attached hydrogens (tertiary/aromatic N) is 2. The van der Waals surface area contributed by atoms with Crippen molar-refractivity contribution in [2.24, 2.45) is 0 Å². The van der Waals surface area contributed by atoms with Crippen molar-refractivity contribution in [1.29, 1.82) is 0 Å². The highest BCUT2D eigenvalue weighted by atomic mass is 16.5. The van der Waals surface area contributed by atoms with E-state index in [9.17, 15) is 9.59 Å². The van der Waals surface area contributed by atoms with Gasteiger partial charge in [-0.15, -0.1) is 0 Å². The Balaban J connectivity index is 1.86. The van der Waals surface area contributed by atoms with Crippen molar-refractivity contribution < 1.29 is 14.3 Å². The van der Waals surface area contributed by atoms with E-state index in [1.54, 1.807) is 7.11 Å². The van der Waals surface area contributed by atoms with Crippen molar-refractivity contribution in [3.05, 3.63) is 35.4 Å². The van der Waals surface area contributed by atoms with Gasteiger partial charge in [0.2, 0.25) is 5.91 Å². The van der Waals surface area contributed by atoms with Crippen LogP contribution in [0.25, 0.3) is 0 Å². The van der Waals surface area contributed by atoms with Gasteiger partial charge in [-0.05, 0) is 49.3 Å². The highest BCUT2D eigenvalue weighted by Gasteiger charge is 2.52. The third-order valence-electron chi connectivity index (χ3n) is 5.80. The lowest BCUT2D eigenvalue weighted by molar-refractivity contribution is -0.146. The summed E-state index contributed by atoms with van der Waals surface area (Å²) >= 11 is 0. The van der Waals surface area contributed by atoms with Crippen LogP contribution in [0.4, 0.5) is 0 Å². The molecule has 1 atom stereocenters. The number of ether oxygens (including phenoxy) is 1. The second kappa shape index (κ2) is 7.78. The van der Waals surface area contributed by atoms with Crippen LogP contribution in [0.3, 0.4) is 0 Å². The average Bonchev–Trinajstić information content (AvgIpc) is 3.07. The molecule has 2 fully saturated rings. The van der Waals surface area contributed by atoms with Gasteiger partial charge in [-0.25, -0.2) is 0 Å². The fraction of sp³-hybridized carbons (Fsp3) is 0.619. The standard InChI is InChI=1S/C21H30N2O3/c1-16(2)17-7-4-8-18(15-17)19(24)23-12-6-10-21(23)9-5-11-22(20(21)25)13-14-26-3/h4,7-8,15-16H,5-6,9-14H2,1-3H3. The zero-order valence-electron chi connectivity index (χ0n) is 16.2. The van der Waals surface area contributed by atoms with E-state index in [0.717, 1.165) is 37.8 Å². The second-order valence-corrected chi connectivity index (χ2v) is 7.76. The van der Waals surface area contributed by atoms with Gasteiger partial charge in [-0.3, -0.25) is 9.59 Å². The lowest BCUT2D eigenvalue weighted by Crippen LogP contribution is -2.61. The molecule has 0 bridgehead atoms. The Kier molecular flexibility index (Phi) is 5.66. The third kappa shape index (κ3) is 3.37. The zero-order valence-corrected chi connectivity index (χ0v) is 16.2. The van der Waals surface area contributed by atoms with Crippen molar-refractivity contribution in [2.45, 2.75) is 51.0 Å². The first-order valence-electron chi connectivity index (χ1n) is 9.70. The van der Waals surface area contributed by atoms with E-state index >= 15 is 0 Å². The Hall–Kier alpha value is -1.88. The summed E-state index contributed by atoms with van der Waals surface area (Å²) in [5.41, 5.74) is 1.19. The summed E-state index contributed by atoms with van der Waals surface area (Å²) in [6.07, 6.45) is 3.36. The van der Waals surface area contributed by atoms with Crippen molar-refractivity contribution >= 4 is 11.8 Å². The molecular formula is C21H30N2O3. The summed E-state index contributed by atoms with van der Waals surface area (Å²) in [4.78, 5) is 30.3. The topological polar surface area (TPSA) is 49.9 Å². The van der Waals surface area contributed by atoms with Crippen LogP contribution >= 0.6 is 0 Å². The predicted molar refractivity (Wildman–Crippen MR) is 101 cm³/mol. The molecule has 2 aliphatic heterocycles. The maximum atomic E-state index is 13.3. The maximum Gasteiger partial charge on any atom is 0.254 e. The molecule has 5 nitrogen and oxygen atoms in total. The van der Waals surface area contributed by atoms with Gasteiger partial charge in [-0.1, -0.05) is 26.0 Å². The average molecular weight is 358 g/mol. The minimum Gasteiger partial charge on any atom is -0.383 e. The molecule has 2 heterocycles. The second-order valence-electron chi connectivity index (χ2n) is 7.76. The van der Waals surface area contributed by atoms with Gasteiger partial charge in [0.05, 0.1) is 6.61 Å². The molecule has 5 heteroatoms. The summed E-state index contributed by atoms with van der Waals surface area (Å²) in [6.45, 7) is 6.80. The molecule has 0 aromatic heterocycles. The third-order valence-corrected chi connectivity index (χ3v) is 5.80. The monoisotopic (exact) mass is 358 g/mol. The Morgan fingerprint density at radius 3 is 2.65 bits per heavy atom. The number of methoxy groups -OCH3 is 1. The molecule has 2 saturated heterocycles. The van der Waals surface area contributed by atoms with Crippen LogP contribution in [0.15, 0.2) is 24.3 Å². The molecule has 26 heavy (non-hydrogen) atoms. The number of carbonyl (C=O) groups is 2. The Labute approximate surface area is 156 Å². The first kappa shape index (κ1) is 18.9. The number of piperidine rings is 1. The number of likely N-dealkylation sites (tertiary alicyclic amines) is 2. The SMILES string of the molecule is COCCN1CCCC2(CCCN2C(=O)c2cccc(C(C)C)c2)C1=O. The zero-order chi connectivity index (χ0) is 18.7. The normalized spacial score (nSPS) is 23.3. The molecule has 1 aromatic carbocycles. The number of amides is 2. The fourth-order valence-electron chi connectivity index (χ4n) is 4.32. The minimum atomic E-state index is -0.656. The van der Waals surface area contributed by atoms with E-state index in [2.05, 4.69) is 19.9 Å². The summed E-state index contributed by atoms with van der Waals surface area (Å²) in [7, 11) is 1.65. The molecule has 0 radical (unpaired) electrons. The molecule has 2 amide bonds. The molecular weight excluding hydrogens is 328 g/mol. The van der Waals surface area contributed by atoms with Crippen molar-refractivity contribution in [3.63, 3.8) is 0 Å². The van der Waals surface area contributed by atoms with E-state index in [0.29, 0.717) is 31.2 Å². The van der Waals surface area contributed by atoms with Gasteiger partial charge in [0.25, 0.3) is 5.91 Å². The van der Waals surface area contributed by atoms with E-state index < -0.39 is 5.54 Å². The fourth-order valence-corrected chi connectivity index (χ4v) is 4.32. The van der Waals surface area contributed by atoms with Gasteiger partial charge in [0.15, 0.2) is 0 Å². The predicted octanol–water partition coefficient (Wildman–Crippen LogP) is 3.05. The molecule has 0 aliphatic carbocycles. The first-order valence-corrected chi connectivity index (χ1v) is 9.70. The highest BCUT2D eigenvalue weighted by Crippen LogP contribution is 2.39. The number of hydrogen-bond donors (Lipinski definition) is 0. The van der Waals surface area contributed by atoms with Crippen LogP contribution in [0, 0.1) is 0 Å². The van der Waals surface area contributed by atoms with Crippen LogP contribution < -0.4 is 0 Å². The largest absolute Gasteiger partial charge is 0.383 e. The lowest BCUT2D eigenvalue weighted by atomic mass is 9.85. The minimum absolute atomic E-state index is 0.00746. The van der Waals surface area contributed by atoms with Crippen LogP contribution in [0.1, 0.15) is 61.4 Å². The molecule has 2 aliphatic rings. The van der Waals surface area contributed by atoms with Gasteiger partial charge >= 0.3 is 0 Å². The van der Waals surface area contributed by atoms with Gasteiger partial charge in [0.1, 0.15) is 5.54 Å². The van der Waals surface area contributed by atoms with E-state index in [1.165, 1.54) is 0 Å². The molecule has 1 aromatic rings. The molecule has 3 rings (SSSR count). The molecule has 0 saturated carbocycles. The highest BCUT2D eigenvalue weighted by molar-refractivity contribution is 6.00. The van der Waals surface area contributed by atoms with Crippen LogP contribution in [-0.4, -0.2) is 60.5 Å². The molecule has 142 valence electrons. The van der Waals surface area contributed by atoms with Crippen LogP contribution in [-0.2, 0) is 9.53 Å². The number of rotatable bonds is 5. The number of hydrogen-bond acceptors (Lipinski definition) is 3. The summed E-state index contributed by atoms with van der Waals surface area (Å²) in [6, 6.07) is 7.85. The Bertz CT molecular complexity index is 673.